The van der Waals surface area contributed by atoms with E-state index in [0.29, 0.717) is 13.0 Å². The minimum atomic E-state index is -4.64. The molecular weight excluding hydrogens is 357 g/mol. The van der Waals surface area contributed by atoms with Gasteiger partial charge in [-0.1, -0.05) is 18.2 Å². The first kappa shape index (κ1) is 18.9. The lowest BCUT2D eigenvalue weighted by Crippen LogP contribution is -2.42. The Morgan fingerprint density at radius 3 is 2.37 bits per heavy atom. The summed E-state index contributed by atoms with van der Waals surface area (Å²) < 4.78 is 39.3. The molecular formula is C20H19F3N2O2. The van der Waals surface area contributed by atoms with Crippen LogP contribution in [0.1, 0.15) is 33.5 Å². The molecule has 0 unspecified atom stereocenters. The predicted octanol–water partition coefficient (Wildman–Crippen LogP) is 3.86. The molecule has 1 N–H and O–H groups in total. The van der Waals surface area contributed by atoms with Crippen molar-refractivity contribution in [1.29, 1.82) is 0 Å². The fraction of sp³-hybridized carbons (Fsp3) is 0.300. The van der Waals surface area contributed by atoms with Gasteiger partial charge >= 0.3 is 6.18 Å². The van der Waals surface area contributed by atoms with Crippen molar-refractivity contribution in [3.63, 3.8) is 0 Å². The Labute approximate surface area is 155 Å². The molecule has 7 heteroatoms. The summed E-state index contributed by atoms with van der Waals surface area (Å²) in [5.41, 5.74) is 1.24. The monoisotopic (exact) mass is 376 g/mol. The second kappa shape index (κ2) is 7.06. The molecule has 1 fully saturated rings. The van der Waals surface area contributed by atoms with Crippen LogP contribution in [-0.2, 0) is 11.0 Å². The number of carbonyl (C=O) groups excluding carboxylic acids is 2. The maximum absolute atomic E-state index is 13.1. The number of carbonyl (C=O) groups is 2. The van der Waals surface area contributed by atoms with Crippen molar-refractivity contribution in [2.75, 3.05) is 11.4 Å². The Morgan fingerprint density at radius 2 is 1.74 bits per heavy atom. The van der Waals surface area contributed by atoms with Crippen LogP contribution in [0.3, 0.4) is 0 Å². The molecule has 1 aliphatic rings. The average Bonchev–Trinajstić information content (AvgIpc) is 2.94. The third kappa shape index (κ3) is 3.97. The molecule has 0 aliphatic carbocycles. The summed E-state index contributed by atoms with van der Waals surface area (Å²) in [6.45, 7) is 4.24. The summed E-state index contributed by atoms with van der Waals surface area (Å²) in [4.78, 5) is 26.6. The molecule has 1 heterocycles. The Balaban J connectivity index is 1.78. The third-order valence-corrected chi connectivity index (χ3v) is 4.51. The molecule has 0 saturated carbocycles. The number of amides is 2. The third-order valence-electron chi connectivity index (χ3n) is 4.51. The highest BCUT2D eigenvalue weighted by Crippen LogP contribution is 2.32. The minimum Gasteiger partial charge on any atom is -0.340 e. The normalized spacial score (nSPS) is 17.3. The molecule has 0 aromatic heterocycles. The van der Waals surface area contributed by atoms with E-state index in [9.17, 15) is 22.8 Å². The van der Waals surface area contributed by atoms with E-state index in [1.54, 1.807) is 4.90 Å². The van der Waals surface area contributed by atoms with Gasteiger partial charge in [0.25, 0.3) is 5.91 Å². The van der Waals surface area contributed by atoms with Gasteiger partial charge in [-0.05, 0) is 55.7 Å². The maximum atomic E-state index is 13.1. The van der Waals surface area contributed by atoms with Crippen LogP contribution in [-0.4, -0.2) is 24.4 Å². The SMILES string of the molecule is Cc1cc(C)cc(N2CC[C@@H](NC(=O)c3ccccc3C(F)(F)F)C2=O)c1. The van der Waals surface area contributed by atoms with Crippen LogP contribution in [0.2, 0.25) is 0 Å². The lowest BCUT2D eigenvalue weighted by atomic mass is 10.1. The first-order valence-electron chi connectivity index (χ1n) is 8.53. The summed E-state index contributed by atoms with van der Waals surface area (Å²) in [5, 5.41) is 2.46. The second-order valence-electron chi connectivity index (χ2n) is 6.69. The first-order valence-corrected chi connectivity index (χ1v) is 8.53. The number of hydrogen-bond donors (Lipinski definition) is 1. The van der Waals surface area contributed by atoms with Gasteiger partial charge in [-0.2, -0.15) is 13.2 Å². The number of hydrogen-bond acceptors (Lipinski definition) is 2. The summed E-state index contributed by atoms with van der Waals surface area (Å²) in [5.74, 6) is -1.22. The van der Waals surface area contributed by atoms with Crippen molar-refractivity contribution in [3.8, 4) is 0 Å². The topological polar surface area (TPSA) is 49.4 Å². The van der Waals surface area contributed by atoms with Crippen LogP contribution in [0, 0.1) is 13.8 Å². The molecule has 1 aliphatic heterocycles. The van der Waals surface area contributed by atoms with Crippen molar-refractivity contribution in [1.82, 2.24) is 5.32 Å². The minimum absolute atomic E-state index is 0.321. The summed E-state index contributed by atoms with van der Waals surface area (Å²) in [6.07, 6.45) is -4.30. The van der Waals surface area contributed by atoms with E-state index in [0.717, 1.165) is 28.9 Å². The Bertz CT molecular complexity index is 873. The summed E-state index contributed by atoms with van der Waals surface area (Å²) in [7, 11) is 0. The number of aryl methyl sites for hydroxylation is 2. The zero-order chi connectivity index (χ0) is 19.8. The summed E-state index contributed by atoms with van der Waals surface area (Å²) in [6, 6.07) is 9.43. The van der Waals surface area contributed by atoms with Gasteiger partial charge in [-0.15, -0.1) is 0 Å². The van der Waals surface area contributed by atoms with Gasteiger partial charge in [0.05, 0.1) is 11.1 Å². The second-order valence-corrected chi connectivity index (χ2v) is 6.69. The molecule has 0 spiro atoms. The number of nitrogens with zero attached hydrogens (tertiary/aromatic N) is 1. The fourth-order valence-corrected chi connectivity index (χ4v) is 3.34. The lowest BCUT2D eigenvalue weighted by molar-refractivity contribution is -0.137. The van der Waals surface area contributed by atoms with E-state index in [4.69, 9.17) is 0 Å². The summed E-state index contributed by atoms with van der Waals surface area (Å²) >= 11 is 0. The van der Waals surface area contributed by atoms with Crippen LogP contribution in [0.5, 0.6) is 0 Å². The predicted molar refractivity (Wildman–Crippen MR) is 95.6 cm³/mol. The van der Waals surface area contributed by atoms with Crippen LogP contribution >= 0.6 is 0 Å². The largest absolute Gasteiger partial charge is 0.417 e. The van der Waals surface area contributed by atoms with E-state index in [-0.39, 0.29) is 5.91 Å². The van der Waals surface area contributed by atoms with E-state index in [2.05, 4.69) is 5.32 Å². The number of rotatable bonds is 3. The average molecular weight is 376 g/mol. The zero-order valence-electron chi connectivity index (χ0n) is 14.9. The van der Waals surface area contributed by atoms with Gasteiger partial charge in [0.1, 0.15) is 6.04 Å². The van der Waals surface area contributed by atoms with Crippen LogP contribution in [0.25, 0.3) is 0 Å². The Hall–Kier alpha value is -2.83. The number of halogens is 3. The molecule has 0 radical (unpaired) electrons. The highest BCUT2D eigenvalue weighted by molar-refractivity contribution is 6.04. The first-order chi connectivity index (χ1) is 12.7. The van der Waals surface area contributed by atoms with E-state index < -0.39 is 29.3 Å². The molecule has 1 saturated heterocycles. The molecule has 27 heavy (non-hydrogen) atoms. The molecule has 1 atom stereocenters. The van der Waals surface area contributed by atoms with Gasteiger partial charge in [0, 0.05) is 12.2 Å². The maximum Gasteiger partial charge on any atom is 0.417 e. The van der Waals surface area contributed by atoms with Crippen LogP contribution in [0.4, 0.5) is 18.9 Å². The van der Waals surface area contributed by atoms with Crippen molar-refractivity contribution in [3.05, 3.63) is 64.7 Å². The van der Waals surface area contributed by atoms with Gasteiger partial charge in [0.2, 0.25) is 5.91 Å². The molecule has 4 nitrogen and oxygen atoms in total. The lowest BCUT2D eigenvalue weighted by Gasteiger charge is -2.19. The van der Waals surface area contributed by atoms with Gasteiger partial charge in [-0.3, -0.25) is 9.59 Å². The molecule has 0 bridgehead atoms. The molecule has 2 aromatic carbocycles. The molecule has 2 amide bonds. The van der Waals surface area contributed by atoms with Crippen LogP contribution < -0.4 is 10.2 Å². The van der Waals surface area contributed by atoms with E-state index in [1.807, 2.05) is 32.0 Å². The smallest absolute Gasteiger partial charge is 0.340 e. The Kier molecular flexibility index (Phi) is 4.95. The van der Waals surface area contributed by atoms with E-state index in [1.165, 1.54) is 12.1 Å². The fourth-order valence-electron chi connectivity index (χ4n) is 3.34. The highest BCUT2D eigenvalue weighted by atomic mass is 19.4. The van der Waals surface area contributed by atoms with Crippen molar-refractivity contribution in [2.45, 2.75) is 32.5 Å². The molecule has 142 valence electrons. The highest BCUT2D eigenvalue weighted by Gasteiger charge is 2.37. The van der Waals surface area contributed by atoms with Crippen molar-refractivity contribution < 1.29 is 22.8 Å². The van der Waals surface area contributed by atoms with Crippen molar-refractivity contribution >= 4 is 17.5 Å². The van der Waals surface area contributed by atoms with Crippen molar-refractivity contribution in [2.24, 2.45) is 0 Å². The molecule has 3 rings (SSSR count). The number of nitrogens with one attached hydrogen (secondary N) is 1. The van der Waals surface area contributed by atoms with Gasteiger partial charge in [0.15, 0.2) is 0 Å². The van der Waals surface area contributed by atoms with E-state index >= 15 is 0 Å². The molecule has 2 aromatic rings. The number of benzene rings is 2. The van der Waals surface area contributed by atoms with Crippen LogP contribution in [0.15, 0.2) is 42.5 Å². The van der Waals surface area contributed by atoms with Gasteiger partial charge in [-0.25, -0.2) is 0 Å². The number of anilines is 1. The van der Waals surface area contributed by atoms with Gasteiger partial charge < -0.3 is 10.2 Å². The quantitative estimate of drug-likeness (QED) is 0.884. The standard InChI is InChI=1S/C20H19F3N2O2/c1-12-9-13(2)11-14(10-12)25-8-7-17(19(25)27)24-18(26)15-5-3-4-6-16(15)20(21,22)23/h3-6,9-11,17H,7-8H2,1-2H3,(H,24,26)/t17-/m1/s1. The number of alkyl halides is 3. The Morgan fingerprint density at radius 1 is 1.11 bits per heavy atom. The zero-order valence-corrected chi connectivity index (χ0v) is 14.9.